The van der Waals surface area contributed by atoms with Crippen molar-refractivity contribution in [2.24, 2.45) is 0 Å². The second-order valence-electron chi connectivity index (χ2n) is 5.14. The van der Waals surface area contributed by atoms with Crippen molar-refractivity contribution in [1.29, 1.82) is 0 Å². The molecule has 2 heterocycles. The molecule has 0 bridgehead atoms. The molecule has 1 aromatic carbocycles. The van der Waals surface area contributed by atoms with Gasteiger partial charge in [-0.3, -0.25) is 4.79 Å². The van der Waals surface area contributed by atoms with E-state index in [1.165, 1.54) is 16.9 Å². The quantitative estimate of drug-likeness (QED) is 0.918. The minimum Gasteiger partial charge on any atom is -0.508 e. The molecule has 1 aromatic heterocycles. The molecule has 1 amide bonds. The van der Waals surface area contributed by atoms with E-state index in [0.717, 1.165) is 30.8 Å². The van der Waals surface area contributed by atoms with Crippen LogP contribution in [0.3, 0.4) is 0 Å². The van der Waals surface area contributed by atoms with E-state index in [-0.39, 0.29) is 5.91 Å². The van der Waals surface area contributed by atoms with Crippen molar-refractivity contribution in [3.05, 3.63) is 52.2 Å². The van der Waals surface area contributed by atoms with Crippen LogP contribution in [0.4, 0.5) is 0 Å². The van der Waals surface area contributed by atoms with E-state index in [4.69, 9.17) is 0 Å². The first-order chi connectivity index (χ1) is 9.74. The van der Waals surface area contributed by atoms with Crippen molar-refractivity contribution in [3.8, 4) is 5.75 Å². The summed E-state index contributed by atoms with van der Waals surface area (Å²) in [6, 6.07) is 11.2. The zero-order chi connectivity index (χ0) is 13.9. The molecule has 4 heteroatoms. The highest BCUT2D eigenvalue weighted by Crippen LogP contribution is 2.29. The van der Waals surface area contributed by atoms with Crippen LogP contribution in [0.25, 0.3) is 0 Å². The second kappa shape index (κ2) is 5.67. The smallest absolute Gasteiger partial charge is 0.263 e. The number of rotatable bonds is 2. The Bertz CT molecular complexity index is 569. The first-order valence-corrected chi connectivity index (χ1v) is 7.74. The molecule has 1 saturated heterocycles. The topological polar surface area (TPSA) is 40.5 Å². The van der Waals surface area contributed by atoms with Crippen molar-refractivity contribution in [2.75, 3.05) is 13.1 Å². The first kappa shape index (κ1) is 13.2. The van der Waals surface area contributed by atoms with Gasteiger partial charge in [-0.05, 0) is 47.9 Å². The number of phenols is 1. The number of carbonyl (C=O) groups excluding carboxylic acids is 1. The molecule has 1 aliphatic heterocycles. The highest BCUT2D eigenvalue weighted by Gasteiger charge is 2.24. The minimum atomic E-state index is 0.157. The van der Waals surface area contributed by atoms with E-state index >= 15 is 0 Å². The Morgan fingerprint density at radius 1 is 1.15 bits per heavy atom. The Kier molecular flexibility index (Phi) is 3.74. The molecule has 0 radical (unpaired) electrons. The molecule has 2 aromatic rings. The average Bonchev–Trinajstić information content (AvgIpc) is 3.02. The summed E-state index contributed by atoms with van der Waals surface area (Å²) in [4.78, 5) is 15.0. The first-order valence-electron chi connectivity index (χ1n) is 6.86. The second-order valence-corrected chi connectivity index (χ2v) is 6.08. The van der Waals surface area contributed by atoms with Gasteiger partial charge in [0.25, 0.3) is 5.91 Å². The van der Waals surface area contributed by atoms with Crippen molar-refractivity contribution >= 4 is 17.2 Å². The molecule has 0 spiro atoms. The molecule has 0 atom stereocenters. The third kappa shape index (κ3) is 2.70. The zero-order valence-corrected chi connectivity index (χ0v) is 12.0. The van der Waals surface area contributed by atoms with Gasteiger partial charge in [-0.2, -0.15) is 0 Å². The molecule has 0 saturated carbocycles. The fourth-order valence-electron chi connectivity index (χ4n) is 2.72. The SMILES string of the molecule is O=C(c1cccs1)N1CCC(c2ccc(O)cc2)CC1. The summed E-state index contributed by atoms with van der Waals surface area (Å²) in [6.07, 6.45) is 1.98. The lowest BCUT2D eigenvalue weighted by Crippen LogP contribution is -2.37. The number of phenolic OH excluding ortho intramolecular Hbond substituents is 1. The van der Waals surface area contributed by atoms with E-state index in [9.17, 15) is 9.90 Å². The van der Waals surface area contributed by atoms with Gasteiger partial charge >= 0.3 is 0 Å². The van der Waals surface area contributed by atoms with Gasteiger partial charge in [0.2, 0.25) is 0 Å². The number of thiophene rings is 1. The van der Waals surface area contributed by atoms with Gasteiger partial charge in [0, 0.05) is 13.1 Å². The molecule has 3 rings (SSSR count). The zero-order valence-electron chi connectivity index (χ0n) is 11.2. The summed E-state index contributed by atoms with van der Waals surface area (Å²) < 4.78 is 0. The molecule has 20 heavy (non-hydrogen) atoms. The molecule has 3 nitrogen and oxygen atoms in total. The van der Waals surface area contributed by atoms with Crippen molar-refractivity contribution in [1.82, 2.24) is 4.90 Å². The van der Waals surface area contributed by atoms with Gasteiger partial charge in [-0.15, -0.1) is 11.3 Å². The van der Waals surface area contributed by atoms with Crippen LogP contribution in [0.2, 0.25) is 0 Å². The van der Waals surface area contributed by atoms with E-state index in [1.54, 1.807) is 12.1 Å². The van der Waals surface area contributed by atoms with E-state index < -0.39 is 0 Å². The third-order valence-corrected chi connectivity index (χ3v) is 4.74. The Labute approximate surface area is 122 Å². The number of carbonyl (C=O) groups is 1. The van der Waals surface area contributed by atoms with Crippen LogP contribution in [0, 0.1) is 0 Å². The lowest BCUT2D eigenvalue weighted by atomic mass is 9.89. The van der Waals surface area contributed by atoms with Crippen LogP contribution in [-0.2, 0) is 0 Å². The fraction of sp³-hybridized carbons (Fsp3) is 0.312. The highest BCUT2D eigenvalue weighted by molar-refractivity contribution is 7.12. The molecule has 1 fully saturated rings. The van der Waals surface area contributed by atoms with Crippen LogP contribution in [0.1, 0.15) is 34.0 Å². The summed E-state index contributed by atoms with van der Waals surface area (Å²) in [5, 5.41) is 11.3. The molecule has 0 aliphatic carbocycles. The number of hydrogen-bond donors (Lipinski definition) is 1. The summed E-state index contributed by atoms with van der Waals surface area (Å²) in [6.45, 7) is 1.62. The van der Waals surface area contributed by atoms with Gasteiger partial charge in [0.15, 0.2) is 0 Å². The number of amides is 1. The predicted molar refractivity (Wildman–Crippen MR) is 80.3 cm³/mol. The van der Waals surface area contributed by atoms with E-state index in [1.807, 2.05) is 34.5 Å². The van der Waals surface area contributed by atoms with Crippen LogP contribution in [-0.4, -0.2) is 29.0 Å². The monoisotopic (exact) mass is 287 g/mol. The Balaban J connectivity index is 1.62. The van der Waals surface area contributed by atoms with Crippen LogP contribution >= 0.6 is 11.3 Å². The normalized spacial score (nSPS) is 16.3. The molecule has 1 N–H and O–H groups in total. The average molecular weight is 287 g/mol. The molecule has 1 aliphatic rings. The molecule has 0 unspecified atom stereocenters. The Morgan fingerprint density at radius 3 is 2.45 bits per heavy atom. The van der Waals surface area contributed by atoms with Gasteiger partial charge in [-0.25, -0.2) is 0 Å². The number of nitrogens with zero attached hydrogens (tertiary/aromatic N) is 1. The fourth-order valence-corrected chi connectivity index (χ4v) is 3.41. The lowest BCUT2D eigenvalue weighted by Gasteiger charge is -2.32. The summed E-state index contributed by atoms with van der Waals surface area (Å²) >= 11 is 1.50. The van der Waals surface area contributed by atoms with Crippen molar-refractivity contribution in [3.63, 3.8) is 0 Å². The number of aromatic hydroxyl groups is 1. The predicted octanol–water partition coefficient (Wildman–Crippen LogP) is 3.47. The maximum atomic E-state index is 12.3. The molecular weight excluding hydrogens is 270 g/mol. The maximum absolute atomic E-state index is 12.3. The Morgan fingerprint density at radius 2 is 1.85 bits per heavy atom. The van der Waals surface area contributed by atoms with Crippen molar-refractivity contribution < 1.29 is 9.90 Å². The highest BCUT2D eigenvalue weighted by atomic mass is 32.1. The molecular formula is C16H17NO2S. The maximum Gasteiger partial charge on any atom is 0.263 e. The Hall–Kier alpha value is -1.81. The lowest BCUT2D eigenvalue weighted by molar-refractivity contribution is 0.0718. The number of benzene rings is 1. The van der Waals surface area contributed by atoms with Gasteiger partial charge < -0.3 is 10.0 Å². The largest absolute Gasteiger partial charge is 0.508 e. The summed E-state index contributed by atoms with van der Waals surface area (Å²) in [5.74, 6) is 0.950. The van der Waals surface area contributed by atoms with E-state index in [2.05, 4.69) is 0 Å². The van der Waals surface area contributed by atoms with Gasteiger partial charge in [0.05, 0.1) is 4.88 Å². The van der Waals surface area contributed by atoms with Gasteiger partial charge in [-0.1, -0.05) is 18.2 Å². The minimum absolute atomic E-state index is 0.157. The number of hydrogen-bond acceptors (Lipinski definition) is 3. The van der Waals surface area contributed by atoms with E-state index in [0.29, 0.717) is 11.7 Å². The molecule has 104 valence electrons. The summed E-state index contributed by atoms with van der Waals surface area (Å²) in [7, 11) is 0. The number of likely N-dealkylation sites (tertiary alicyclic amines) is 1. The van der Waals surface area contributed by atoms with Crippen molar-refractivity contribution in [2.45, 2.75) is 18.8 Å². The van der Waals surface area contributed by atoms with Gasteiger partial charge in [0.1, 0.15) is 5.75 Å². The van der Waals surface area contributed by atoms with Crippen LogP contribution in [0.5, 0.6) is 5.75 Å². The standard InChI is InChI=1S/C16H17NO2S/c18-14-5-3-12(4-6-14)13-7-9-17(10-8-13)16(19)15-2-1-11-20-15/h1-6,11,13,18H,7-10H2. The summed E-state index contributed by atoms with van der Waals surface area (Å²) in [5.41, 5.74) is 1.26. The number of piperidine rings is 1. The third-order valence-electron chi connectivity index (χ3n) is 3.88. The van der Waals surface area contributed by atoms with Crippen LogP contribution in [0.15, 0.2) is 41.8 Å². The van der Waals surface area contributed by atoms with Crippen LogP contribution < -0.4 is 0 Å².